The summed E-state index contributed by atoms with van der Waals surface area (Å²) in [4.78, 5) is 11.5. The van der Waals surface area contributed by atoms with Crippen LogP contribution in [0.1, 0.15) is 29.6 Å². The van der Waals surface area contributed by atoms with Crippen LogP contribution in [0, 0.1) is 5.82 Å². The molecule has 3 heteroatoms. The summed E-state index contributed by atoms with van der Waals surface area (Å²) < 4.78 is 18.5. The van der Waals surface area contributed by atoms with E-state index < -0.39 is 5.82 Å². The molecule has 2 rings (SSSR count). The summed E-state index contributed by atoms with van der Waals surface area (Å²) in [5.41, 5.74) is 0.122. The molecule has 0 unspecified atom stereocenters. The highest BCUT2D eigenvalue weighted by Gasteiger charge is 2.20. The monoisotopic (exact) mass is 208 g/mol. The first-order valence-corrected chi connectivity index (χ1v) is 5.16. The van der Waals surface area contributed by atoms with Gasteiger partial charge in [-0.25, -0.2) is 4.39 Å². The third kappa shape index (κ3) is 2.42. The third-order valence-corrected chi connectivity index (χ3v) is 2.68. The molecule has 0 bridgehead atoms. The normalized spacial score (nSPS) is 16.1. The second kappa shape index (κ2) is 4.53. The standard InChI is InChI=1S/C12H13FO2/c13-11-7-2-1-6-10(11)12(14)8-15-9-4-3-5-9/h1-2,6-7,9H,3-5,8H2. The Hall–Kier alpha value is -1.22. The number of hydrogen-bond donors (Lipinski definition) is 0. The molecule has 80 valence electrons. The van der Waals surface area contributed by atoms with E-state index in [1.807, 2.05) is 0 Å². The molecule has 2 nitrogen and oxygen atoms in total. The minimum Gasteiger partial charge on any atom is -0.370 e. The van der Waals surface area contributed by atoms with E-state index in [1.165, 1.54) is 18.6 Å². The van der Waals surface area contributed by atoms with Gasteiger partial charge in [-0.15, -0.1) is 0 Å². The number of carbonyl (C=O) groups is 1. The van der Waals surface area contributed by atoms with Gasteiger partial charge >= 0.3 is 0 Å². The molecule has 0 heterocycles. The average Bonchev–Trinajstić information content (AvgIpc) is 2.16. The fraction of sp³-hybridized carbons (Fsp3) is 0.417. The van der Waals surface area contributed by atoms with Crippen molar-refractivity contribution in [2.24, 2.45) is 0 Å². The Morgan fingerprint density at radius 3 is 2.73 bits per heavy atom. The number of hydrogen-bond acceptors (Lipinski definition) is 2. The summed E-state index contributed by atoms with van der Waals surface area (Å²) in [6.45, 7) is -0.00833. The molecule has 0 amide bonds. The van der Waals surface area contributed by atoms with E-state index in [4.69, 9.17) is 4.74 Å². The van der Waals surface area contributed by atoms with Gasteiger partial charge in [-0.3, -0.25) is 4.79 Å². The van der Waals surface area contributed by atoms with Crippen molar-refractivity contribution in [1.82, 2.24) is 0 Å². The number of rotatable bonds is 4. The SMILES string of the molecule is O=C(COC1CCC1)c1ccccc1F. The molecule has 1 aliphatic rings. The predicted molar refractivity (Wildman–Crippen MR) is 54.3 cm³/mol. The Morgan fingerprint density at radius 2 is 2.13 bits per heavy atom. The van der Waals surface area contributed by atoms with E-state index in [0.717, 1.165) is 12.8 Å². The molecule has 0 aromatic heterocycles. The number of ketones is 1. The zero-order valence-electron chi connectivity index (χ0n) is 8.41. The van der Waals surface area contributed by atoms with Gasteiger partial charge in [0.05, 0.1) is 11.7 Å². The van der Waals surface area contributed by atoms with Gasteiger partial charge < -0.3 is 4.74 Å². The van der Waals surface area contributed by atoms with E-state index in [9.17, 15) is 9.18 Å². The lowest BCUT2D eigenvalue weighted by Gasteiger charge is -2.25. The number of benzene rings is 1. The molecule has 15 heavy (non-hydrogen) atoms. The van der Waals surface area contributed by atoms with Crippen molar-refractivity contribution in [3.8, 4) is 0 Å². The second-order valence-corrected chi connectivity index (χ2v) is 3.77. The molecule has 0 spiro atoms. The maximum atomic E-state index is 13.2. The van der Waals surface area contributed by atoms with Crippen LogP contribution in [-0.4, -0.2) is 18.5 Å². The molecule has 0 aliphatic heterocycles. The van der Waals surface area contributed by atoms with E-state index in [2.05, 4.69) is 0 Å². The molecule has 1 saturated carbocycles. The van der Waals surface area contributed by atoms with E-state index in [-0.39, 0.29) is 24.1 Å². The first-order valence-electron chi connectivity index (χ1n) is 5.16. The van der Waals surface area contributed by atoms with Crippen molar-refractivity contribution in [1.29, 1.82) is 0 Å². The number of carbonyl (C=O) groups excluding carboxylic acids is 1. The Bertz CT molecular complexity index is 358. The van der Waals surface area contributed by atoms with Crippen molar-refractivity contribution >= 4 is 5.78 Å². The summed E-state index contributed by atoms with van der Waals surface area (Å²) in [6.07, 6.45) is 3.41. The van der Waals surface area contributed by atoms with Crippen LogP contribution in [-0.2, 0) is 4.74 Å². The van der Waals surface area contributed by atoms with Crippen LogP contribution in [0.15, 0.2) is 24.3 Å². The summed E-state index contributed by atoms with van der Waals surface area (Å²) in [6, 6.07) is 6.00. The van der Waals surface area contributed by atoms with Gasteiger partial charge in [0, 0.05) is 0 Å². The number of ether oxygens (including phenoxy) is 1. The minimum atomic E-state index is -0.472. The Kier molecular flexibility index (Phi) is 3.11. The van der Waals surface area contributed by atoms with Gasteiger partial charge in [-0.2, -0.15) is 0 Å². The zero-order valence-corrected chi connectivity index (χ0v) is 8.41. The van der Waals surface area contributed by atoms with E-state index in [0.29, 0.717) is 0 Å². The third-order valence-electron chi connectivity index (χ3n) is 2.68. The first kappa shape index (κ1) is 10.3. The van der Waals surface area contributed by atoms with E-state index >= 15 is 0 Å². The molecule has 1 aromatic carbocycles. The zero-order chi connectivity index (χ0) is 10.7. The summed E-state index contributed by atoms with van der Waals surface area (Å²) in [5.74, 6) is -0.750. The Labute approximate surface area is 88.1 Å². The Balaban J connectivity index is 1.92. The average molecular weight is 208 g/mol. The highest BCUT2D eigenvalue weighted by molar-refractivity contribution is 5.97. The molecule has 0 radical (unpaired) electrons. The lowest BCUT2D eigenvalue weighted by molar-refractivity contribution is 0.00715. The number of Topliss-reactive ketones (excluding diaryl/α,β-unsaturated/α-hetero) is 1. The predicted octanol–water partition coefficient (Wildman–Crippen LogP) is 2.58. The summed E-state index contributed by atoms with van der Waals surface area (Å²) in [5, 5.41) is 0. The van der Waals surface area contributed by atoms with Crippen molar-refractivity contribution in [3.05, 3.63) is 35.6 Å². The highest BCUT2D eigenvalue weighted by atomic mass is 19.1. The van der Waals surface area contributed by atoms with E-state index in [1.54, 1.807) is 12.1 Å². The second-order valence-electron chi connectivity index (χ2n) is 3.77. The van der Waals surface area contributed by atoms with Gasteiger partial charge in [0.2, 0.25) is 0 Å². The maximum Gasteiger partial charge on any atom is 0.191 e. The van der Waals surface area contributed by atoms with Crippen LogP contribution in [0.5, 0.6) is 0 Å². The van der Waals surface area contributed by atoms with Crippen molar-refractivity contribution in [2.45, 2.75) is 25.4 Å². The lowest BCUT2D eigenvalue weighted by Crippen LogP contribution is -2.25. The Morgan fingerprint density at radius 1 is 1.40 bits per heavy atom. The van der Waals surface area contributed by atoms with Crippen LogP contribution in [0.4, 0.5) is 4.39 Å². The summed E-state index contributed by atoms with van der Waals surface area (Å²) in [7, 11) is 0. The maximum absolute atomic E-state index is 13.2. The van der Waals surface area contributed by atoms with Crippen molar-refractivity contribution in [2.75, 3.05) is 6.61 Å². The van der Waals surface area contributed by atoms with Gasteiger partial charge in [0.15, 0.2) is 5.78 Å². The topological polar surface area (TPSA) is 26.3 Å². The van der Waals surface area contributed by atoms with Gasteiger partial charge in [-0.1, -0.05) is 12.1 Å². The van der Waals surface area contributed by atoms with Gasteiger partial charge in [0.1, 0.15) is 12.4 Å². The van der Waals surface area contributed by atoms with Crippen molar-refractivity contribution < 1.29 is 13.9 Å². The molecule has 0 atom stereocenters. The van der Waals surface area contributed by atoms with Crippen LogP contribution < -0.4 is 0 Å². The minimum absolute atomic E-state index is 0.00833. The van der Waals surface area contributed by atoms with Crippen molar-refractivity contribution in [3.63, 3.8) is 0 Å². The summed E-state index contributed by atoms with van der Waals surface area (Å²) >= 11 is 0. The molecule has 0 saturated heterocycles. The molecular weight excluding hydrogens is 195 g/mol. The fourth-order valence-corrected chi connectivity index (χ4v) is 1.50. The van der Waals surface area contributed by atoms with Crippen LogP contribution >= 0.6 is 0 Å². The molecule has 1 aromatic rings. The quantitative estimate of drug-likeness (QED) is 0.711. The number of halogens is 1. The smallest absolute Gasteiger partial charge is 0.191 e. The molecular formula is C12H13FO2. The molecule has 0 N–H and O–H groups in total. The van der Waals surface area contributed by atoms with Crippen LogP contribution in [0.3, 0.4) is 0 Å². The van der Waals surface area contributed by atoms with Gasteiger partial charge in [0.25, 0.3) is 0 Å². The van der Waals surface area contributed by atoms with Crippen LogP contribution in [0.2, 0.25) is 0 Å². The molecule has 1 aliphatic carbocycles. The fourth-order valence-electron chi connectivity index (χ4n) is 1.50. The largest absolute Gasteiger partial charge is 0.370 e. The lowest BCUT2D eigenvalue weighted by atomic mass is 9.96. The highest BCUT2D eigenvalue weighted by Crippen LogP contribution is 2.22. The van der Waals surface area contributed by atoms with Crippen LogP contribution in [0.25, 0.3) is 0 Å². The molecule has 1 fully saturated rings. The van der Waals surface area contributed by atoms with Gasteiger partial charge in [-0.05, 0) is 31.4 Å². The first-order chi connectivity index (χ1) is 7.27.